The number of hydrogen-bond acceptors (Lipinski definition) is 6. The Morgan fingerprint density at radius 1 is 1.50 bits per heavy atom. The lowest BCUT2D eigenvalue weighted by atomic mass is 10.1. The Hall–Kier alpha value is -1.97. The summed E-state index contributed by atoms with van der Waals surface area (Å²) < 4.78 is 30.9. The molecule has 2 aromatic heterocycles. The Bertz CT molecular complexity index is 821. The molecule has 2 aromatic rings. The largest absolute Gasteiger partial charge is 0.489 e. The summed E-state index contributed by atoms with van der Waals surface area (Å²) in [4.78, 5) is 19.6. The van der Waals surface area contributed by atoms with E-state index >= 15 is 0 Å². The van der Waals surface area contributed by atoms with Crippen LogP contribution in [0.1, 0.15) is 10.8 Å². The number of carbonyl (C=O) groups is 1. The fraction of sp³-hybridized carbons (Fsp3) is 0.333. The Morgan fingerprint density at radius 3 is 3.04 bits per heavy atom. The van der Waals surface area contributed by atoms with Crippen LogP contribution in [0.2, 0.25) is 0 Å². The number of carbonyl (C=O) groups excluding carboxylic acids is 1. The van der Waals surface area contributed by atoms with Crippen LogP contribution in [0, 0.1) is 0 Å². The van der Waals surface area contributed by atoms with Crippen LogP contribution in [-0.2, 0) is 14.8 Å². The van der Waals surface area contributed by atoms with E-state index in [4.69, 9.17) is 4.74 Å². The molecule has 0 unspecified atom stereocenters. The highest BCUT2D eigenvalue weighted by molar-refractivity contribution is 7.88. The molecule has 1 atom stereocenters. The van der Waals surface area contributed by atoms with Crippen molar-refractivity contribution in [3.63, 3.8) is 0 Å². The number of nitrogens with zero attached hydrogens (tertiary/aromatic N) is 2. The van der Waals surface area contributed by atoms with Crippen molar-refractivity contribution in [3.05, 3.63) is 40.8 Å². The number of fused-ring (bicyclic) bond motifs is 1. The molecule has 1 aliphatic heterocycles. The van der Waals surface area contributed by atoms with Gasteiger partial charge in [0, 0.05) is 23.7 Å². The molecule has 0 radical (unpaired) electrons. The first kappa shape index (κ1) is 16.9. The standard InChI is InChI=1S/C15H17N3O4S2/c1-24(20,21)17-9-11(14-3-2-8-23-14)15(19)18-6-7-22-13-4-5-16-10-12(13)18/h2-5,8,10-11,17H,6-7,9H2,1H3/t11-/m1/s1. The molecular formula is C15H17N3O4S2. The van der Waals surface area contributed by atoms with E-state index in [0.29, 0.717) is 24.6 Å². The van der Waals surface area contributed by atoms with Crippen molar-refractivity contribution in [2.24, 2.45) is 0 Å². The predicted octanol–water partition coefficient (Wildman–Crippen LogP) is 1.20. The van der Waals surface area contributed by atoms with E-state index in [0.717, 1.165) is 11.1 Å². The maximum Gasteiger partial charge on any atom is 0.236 e. The minimum atomic E-state index is -3.39. The Morgan fingerprint density at radius 2 is 2.33 bits per heavy atom. The van der Waals surface area contributed by atoms with Crippen molar-refractivity contribution in [2.75, 3.05) is 30.9 Å². The summed E-state index contributed by atoms with van der Waals surface area (Å²) in [7, 11) is -3.39. The number of ether oxygens (including phenoxy) is 1. The number of nitrogens with one attached hydrogen (secondary N) is 1. The molecule has 9 heteroatoms. The predicted molar refractivity (Wildman–Crippen MR) is 92.0 cm³/mol. The summed E-state index contributed by atoms with van der Waals surface area (Å²) in [5, 5.41) is 1.87. The van der Waals surface area contributed by atoms with Gasteiger partial charge in [0.05, 0.1) is 24.9 Å². The lowest BCUT2D eigenvalue weighted by Crippen LogP contribution is -2.43. The van der Waals surface area contributed by atoms with Crippen molar-refractivity contribution in [3.8, 4) is 5.75 Å². The van der Waals surface area contributed by atoms with Crippen molar-refractivity contribution in [2.45, 2.75) is 5.92 Å². The molecule has 1 N–H and O–H groups in total. The number of aromatic nitrogens is 1. The van der Waals surface area contributed by atoms with Gasteiger partial charge < -0.3 is 9.64 Å². The summed E-state index contributed by atoms with van der Waals surface area (Å²) in [6.07, 6.45) is 4.27. The lowest BCUT2D eigenvalue weighted by Gasteiger charge is -2.31. The van der Waals surface area contributed by atoms with E-state index in [9.17, 15) is 13.2 Å². The summed E-state index contributed by atoms with van der Waals surface area (Å²) in [6, 6.07) is 5.39. The maximum atomic E-state index is 13.1. The van der Waals surface area contributed by atoms with E-state index in [1.54, 1.807) is 23.4 Å². The zero-order chi connectivity index (χ0) is 17.2. The van der Waals surface area contributed by atoms with Crippen LogP contribution < -0.4 is 14.4 Å². The average molecular weight is 367 g/mol. The summed E-state index contributed by atoms with van der Waals surface area (Å²) in [5.74, 6) is -0.164. The van der Waals surface area contributed by atoms with Crippen LogP contribution >= 0.6 is 11.3 Å². The molecule has 0 bridgehead atoms. The van der Waals surface area contributed by atoms with Crippen LogP contribution in [0.3, 0.4) is 0 Å². The number of hydrogen-bond donors (Lipinski definition) is 1. The van der Waals surface area contributed by atoms with Crippen molar-refractivity contribution in [1.82, 2.24) is 9.71 Å². The number of sulfonamides is 1. The van der Waals surface area contributed by atoms with Gasteiger partial charge >= 0.3 is 0 Å². The Kier molecular flexibility index (Phi) is 4.83. The van der Waals surface area contributed by atoms with Crippen molar-refractivity contribution >= 4 is 33.0 Å². The highest BCUT2D eigenvalue weighted by atomic mass is 32.2. The van der Waals surface area contributed by atoms with Gasteiger partial charge in [0.2, 0.25) is 15.9 Å². The molecule has 24 heavy (non-hydrogen) atoms. The highest BCUT2D eigenvalue weighted by Gasteiger charge is 2.31. The topological polar surface area (TPSA) is 88.6 Å². The lowest BCUT2D eigenvalue weighted by molar-refractivity contribution is -0.120. The normalized spacial score (nSPS) is 15.5. The Balaban J connectivity index is 1.89. The molecule has 0 saturated heterocycles. The first-order valence-electron chi connectivity index (χ1n) is 7.32. The minimum Gasteiger partial charge on any atom is -0.489 e. The van der Waals surface area contributed by atoms with Gasteiger partial charge in [-0.3, -0.25) is 9.78 Å². The molecule has 128 valence electrons. The molecule has 7 nitrogen and oxygen atoms in total. The van der Waals surface area contributed by atoms with E-state index < -0.39 is 15.9 Å². The number of amides is 1. The van der Waals surface area contributed by atoms with Gasteiger partial charge in [-0.05, 0) is 11.4 Å². The summed E-state index contributed by atoms with van der Waals surface area (Å²) in [6.45, 7) is 0.808. The molecule has 0 saturated carbocycles. The molecule has 1 amide bonds. The number of anilines is 1. The highest BCUT2D eigenvalue weighted by Crippen LogP contribution is 2.33. The first-order valence-corrected chi connectivity index (χ1v) is 10.1. The smallest absolute Gasteiger partial charge is 0.236 e. The second kappa shape index (κ2) is 6.88. The first-order chi connectivity index (χ1) is 11.5. The van der Waals surface area contributed by atoms with Crippen LogP contribution in [0.15, 0.2) is 36.0 Å². The van der Waals surface area contributed by atoms with Crippen LogP contribution in [0.25, 0.3) is 0 Å². The molecule has 0 aromatic carbocycles. The molecule has 0 fully saturated rings. The monoisotopic (exact) mass is 367 g/mol. The molecule has 0 aliphatic carbocycles. The zero-order valence-electron chi connectivity index (χ0n) is 13.0. The molecule has 1 aliphatic rings. The van der Waals surface area contributed by atoms with Gasteiger partial charge in [0.15, 0.2) is 0 Å². The molecular weight excluding hydrogens is 350 g/mol. The van der Waals surface area contributed by atoms with Gasteiger partial charge in [0.25, 0.3) is 0 Å². The quantitative estimate of drug-likeness (QED) is 0.858. The third-order valence-electron chi connectivity index (χ3n) is 3.62. The molecule has 3 rings (SSSR count). The summed E-state index contributed by atoms with van der Waals surface area (Å²) >= 11 is 1.43. The Labute approximate surface area is 144 Å². The van der Waals surface area contributed by atoms with E-state index in [-0.39, 0.29) is 12.5 Å². The van der Waals surface area contributed by atoms with Gasteiger partial charge in [-0.15, -0.1) is 11.3 Å². The third-order valence-corrected chi connectivity index (χ3v) is 5.30. The van der Waals surface area contributed by atoms with E-state index in [2.05, 4.69) is 9.71 Å². The zero-order valence-corrected chi connectivity index (χ0v) is 14.6. The van der Waals surface area contributed by atoms with Crippen LogP contribution in [0.5, 0.6) is 5.75 Å². The number of rotatable bonds is 5. The number of pyridine rings is 1. The fourth-order valence-corrected chi connectivity index (χ4v) is 3.81. The fourth-order valence-electron chi connectivity index (χ4n) is 2.52. The second-order valence-corrected chi connectivity index (χ2v) is 8.18. The van der Waals surface area contributed by atoms with Crippen LogP contribution in [0.4, 0.5) is 5.69 Å². The second-order valence-electron chi connectivity index (χ2n) is 5.37. The minimum absolute atomic E-state index is 0.0190. The van der Waals surface area contributed by atoms with E-state index in [1.807, 2.05) is 17.5 Å². The molecule has 3 heterocycles. The molecule has 0 spiro atoms. The van der Waals surface area contributed by atoms with Gasteiger partial charge in [-0.25, -0.2) is 13.1 Å². The van der Waals surface area contributed by atoms with Crippen molar-refractivity contribution < 1.29 is 17.9 Å². The SMILES string of the molecule is CS(=O)(=O)NC[C@@H](C(=O)N1CCOc2ccncc21)c1cccs1. The van der Waals surface area contributed by atoms with Gasteiger partial charge in [-0.2, -0.15) is 0 Å². The van der Waals surface area contributed by atoms with E-state index in [1.165, 1.54) is 11.3 Å². The summed E-state index contributed by atoms with van der Waals surface area (Å²) in [5.41, 5.74) is 0.606. The van der Waals surface area contributed by atoms with Gasteiger partial charge in [-0.1, -0.05) is 6.07 Å². The van der Waals surface area contributed by atoms with Gasteiger partial charge in [0.1, 0.15) is 18.0 Å². The number of thiophene rings is 1. The average Bonchev–Trinajstić information content (AvgIpc) is 3.07. The third kappa shape index (κ3) is 3.74. The van der Waals surface area contributed by atoms with Crippen LogP contribution in [-0.4, -0.2) is 45.3 Å². The maximum absolute atomic E-state index is 13.1. The van der Waals surface area contributed by atoms with Crippen molar-refractivity contribution in [1.29, 1.82) is 0 Å².